The lowest BCUT2D eigenvalue weighted by molar-refractivity contribution is -0.144. The summed E-state index contributed by atoms with van der Waals surface area (Å²) in [7, 11) is 0. The summed E-state index contributed by atoms with van der Waals surface area (Å²) in [6.07, 6.45) is 5.85. The second-order valence-corrected chi connectivity index (χ2v) is 9.59. The summed E-state index contributed by atoms with van der Waals surface area (Å²) in [4.78, 5) is 39.5. The molecule has 2 aliphatic rings. The van der Waals surface area contributed by atoms with Crippen LogP contribution in [0.4, 0.5) is 5.69 Å². The number of anilines is 1. The molecule has 0 bridgehead atoms. The first-order valence-electron chi connectivity index (χ1n) is 12.7. The fourth-order valence-electron chi connectivity index (χ4n) is 5.25. The van der Waals surface area contributed by atoms with E-state index in [2.05, 4.69) is 22.8 Å². The third kappa shape index (κ3) is 6.41. The van der Waals surface area contributed by atoms with E-state index in [9.17, 15) is 19.5 Å². The summed E-state index contributed by atoms with van der Waals surface area (Å²) in [5.41, 5.74) is 3.40. The molecule has 3 N–H and O–H groups in total. The molecule has 0 aromatic heterocycles. The molecule has 2 heterocycles. The highest BCUT2D eigenvalue weighted by Crippen LogP contribution is 2.34. The van der Waals surface area contributed by atoms with Gasteiger partial charge in [0.15, 0.2) is 0 Å². The fraction of sp³-hybridized carbons (Fsp3) is 0.464. The Kier molecular flexibility index (Phi) is 8.40. The Morgan fingerprint density at radius 3 is 2.60 bits per heavy atom. The lowest BCUT2D eigenvalue weighted by Crippen LogP contribution is -2.51. The van der Waals surface area contributed by atoms with E-state index >= 15 is 0 Å². The first kappa shape index (κ1) is 24.8. The molecule has 3 unspecified atom stereocenters. The van der Waals surface area contributed by atoms with Crippen LogP contribution < -0.4 is 10.6 Å². The van der Waals surface area contributed by atoms with Crippen LogP contribution in [0.5, 0.6) is 0 Å². The van der Waals surface area contributed by atoms with Gasteiger partial charge in [-0.2, -0.15) is 0 Å². The Hall–Kier alpha value is -3.35. The molecule has 2 aromatic rings. The number of unbranched alkanes of at least 4 members (excludes halogenated alkanes) is 2. The first-order valence-corrected chi connectivity index (χ1v) is 12.7. The molecule has 0 aliphatic carbocycles. The van der Waals surface area contributed by atoms with Crippen molar-refractivity contribution in [1.82, 2.24) is 10.2 Å². The van der Waals surface area contributed by atoms with E-state index in [1.54, 1.807) is 4.90 Å². The molecule has 0 saturated carbocycles. The second kappa shape index (κ2) is 11.9. The third-order valence-electron chi connectivity index (χ3n) is 7.15. The zero-order valence-electron chi connectivity index (χ0n) is 20.1. The molecule has 186 valence electrons. The maximum Gasteiger partial charge on any atom is 0.326 e. The van der Waals surface area contributed by atoms with Gasteiger partial charge in [-0.25, -0.2) is 4.79 Å². The Balaban J connectivity index is 1.25. The van der Waals surface area contributed by atoms with Crippen LogP contribution in [0.1, 0.15) is 62.0 Å². The number of benzene rings is 2. The number of hydrogen-bond acceptors (Lipinski definition) is 4. The number of hydrogen-bond donors (Lipinski definition) is 3. The topological polar surface area (TPSA) is 98.7 Å². The fourth-order valence-corrected chi connectivity index (χ4v) is 5.25. The largest absolute Gasteiger partial charge is 0.480 e. The van der Waals surface area contributed by atoms with Crippen molar-refractivity contribution < 1.29 is 19.5 Å². The van der Waals surface area contributed by atoms with Crippen LogP contribution in [0.15, 0.2) is 54.6 Å². The summed E-state index contributed by atoms with van der Waals surface area (Å²) in [6, 6.07) is 16.6. The van der Waals surface area contributed by atoms with Crippen molar-refractivity contribution in [3.05, 3.63) is 65.7 Å². The van der Waals surface area contributed by atoms with Gasteiger partial charge in [0.2, 0.25) is 11.8 Å². The van der Waals surface area contributed by atoms with Crippen LogP contribution in [0.25, 0.3) is 0 Å². The summed E-state index contributed by atoms with van der Waals surface area (Å²) < 4.78 is 0. The summed E-state index contributed by atoms with van der Waals surface area (Å²) >= 11 is 0. The molecule has 2 amide bonds. The number of likely N-dealkylation sites (tertiary alicyclic amines) is 1. The van der Waals surface area contributed by atoms with E-state index in [1.807, 2.05) is 42.5 Å². The van der Waals surface area contributed by atoms with Crippen LogP contribution in [0.2, 0.25) is 0 Å². The average Bonchev–Trinajstić information content (AvgIpc) is 3.52. The predicted molar refractivity (Wildman–Crippen MR) is 135 cm³/mol. The molecule has 7 nitrogen and oxygen atoms in total. The van der Waals surface area contributed by atoms with Crippen molar-refractivity contribution in [1.29, 1.82) is 0 Å². The zero-order chi connectivity index (χ0) is 24.6. The van der Waals surface area contributed by atoms with Gasteiger partial charge in [0.25, 0.3) is 0 Å². The molecule has 0 radical (unpaired) electrons. The lowest BCUT2D eigenvalue weighted by Gasteiger charge is -2.26. The van der Waals surface area contributed by atoms with Gasteiger partial charge in [0.1, 0.15) is 12.1 Å². The van der Waals surface area contributed by atoms with Crippen molar-refractivity contribution in [3.8, 4) is 0 Å². The first-order chi connectivity index (χ1) is 17.0. The Bertz CT molecular complexity index is 1030. The third-order valence-corrected chi connectivity index (χ3v) is 7.15. The summed E-state index contributed by atoms with van der Waals surface area (Å²) in [5.74, 6) is -1.39. The number of nitrogens with one attached hydrogen (secondary N) is 2. The van der Waals surface area contributed by atoms with Crippen molar-refractivity contribution >= 4 is 23.5 Å². The zero-order valence-corrected chi connectivity index (χ0v) is 20.1. The molecule has 3 atom stereocenters. The van der Waals surface area contributed by atoms with Crippen molar-refractivity contribution in [2.24, 2.45) is 0 Å². The smallest absolute Gasteiger partial charge is 0.326 e. The normalized spacial score (nSPS) is 19.6. The Morgan fingerprint density at radius 2 is 1.80 bits per heavy atom. The van der Waals surface area contributed by atoms with Gasteiger partial charge in [-0.15, -0.1) is 0 Å². The van der Waals surface area contributed by atoms with Crippen LogP contribution in [0.3, 0.4) is 0 Å². The van der Waals surface area contributed by atoms with Crippen LogP contribution in [-0.2, 0) is 20.8 Å². The minimum Gasteiger partial charge on any atom is -0.480 e. The predicted octanol–water partition coefficient (Wildman–Crippen LogP) is 3.95. The minimum absolute atomic E-state index is 0.0110. The molecule has 2 aromatic carbocycles. The summed E-state index contributed by atoms with van der Waals surface area (Å²) in [6.45, 7) is 1.20. The van der Waals surface area contributed by atoms with Crippen molar-refractivity contribution in [2.75, 3.05) is 18.4 Å². The van der Waals surface area contributed by atoms with Gasteiger partial charge in [-0.1, -0.05) is 55.0 Å². The van der Waals surface area contributed by atoms with E-state index in [0.29, 0.717) is 32.4 Å². The van der Waals surface area contributed by atoms with E-state index in [-0.39, 0.29) is 17.7 Å². The number of para-hydroxylation sites is 1. The number of carbonyl (C=O) groups excluding carboxylic acids is 2. The van der Waals surface area contributed by atoms with Crippen LogP contribution >= 0.6 is 0 Å². The Morgan fingerprint density at radius 1 is 1.03 bits per heavy atom. The molecule has 2 aliphatic heterocycles. The standard InChI is InChI=1S/C28H35N3O4/c32-26(16-6-2-5-12-20-10-3-1-4-11-20)31-17-9-15-25(31)27(33)30-24(28(34)35)18-21-19-29-23-14-8-7-13-22(21)23/h1,3-4,7-8,10-11,13-14,21,24-25,29H,2,5-6,9,12,15-19H2,(H,30,33)(H,34,35). The summed E-state index contributed by atoms with van der Waals surface area (Å²) in [5, 5.41) is 15.8. The number of aliphatic carboxylic acids is 1. The maximum absolute atomic E-state index is 13.0. The number of amides is 2. The van der Waals surface area contributed by atoms with Crippen molar-refractivity contribution in [3.63, 3.8) is 0 Å². The lowest BCUT2D eigenvalue weighted by atomic mass is 9.93. The average molecular weight is 478 g/mol. The number of fused-ring (bicyclic) bond motifs is 1. The van der Waals surface area contributed by atoms with Gasteiger partial charge >= 0.3 is 5.97 Å². The van der Waals surface area contributed by atoms with E-state index in [4.69, 9.17) is 0 Å². The van der Waals surface area contributed by atoms with Gasteiger partial charge in [0, 0.05) is 31.1 Å². The van der Waals surface area contributed by atoms with Crippen molar-refractivity contribution in [2.45, 2.75) is 69.4 Å². The molecular weight excluding hydrogens is 442 g/mol. The number of aryl methyl sites for hydroxylation is 1. The van der Waals surface area contributed by atoms with E-state index in [0.717, 1.165) is 43.4 Å². The highest BCUT2D eigenvalue weighted by molar-refractivity contribution is 5.91. The van der Waals surface area contributed by atoms with Gasteiger partial charge in [-0.05, 0) is 55.7 Å². The molecule has 4 rings (SSSR count). The van der Waals surface area contributed by atoms with Gasteiger partial charge < -0.3 is 20.6 Å². The molecule has 0 spiro atoms. The number of carboxylic acids is 1. The highest BCUT2D eigenvalue weighted by atomic mass is 16.4. The second-order valence-electron chi connectivity index (χ2n) is 9.59. The number of carboxylic acid groups (broad SMARTS) is 1. The molecular formula is C28H35N3O4. The molecule has 7 heteroatoms. The SMILES string of the molecule is O=C(O)C(CC1CNc2ccccc21)NC(=O)C1CCCN1C(=O)CCCCCc1ccccc1. The van der Waals surface area contributed by atoms with Crippen LogP contribution in [0, 0.1) is 0 Å². The van der Waals surface area contributed by atoms with E-state index in [1.165, 1.54) is 5.56 Å². The van der Waals surface area contributed by atoms with Gasteiger partial charge in [-0.3, -0.25) is 9.59 Å². The van der Waals surface area contributed by atoms with E-state index < -0.39 is 18.1 Å². The quantitative estimate of drug-likeness (QED) is 0.426. The molecule has 1 saturated heterocycles. The van der Waals surface area contributed by atoms with Crippen LogP contribution in [-0.4, -0.2) is 53.0 Å². The molecule has 35 heavy (non-hydrogen) atoms. The maximum atomic E-state index is 13.0. The number of carbonyl (C=O) groups is 3. The monoisotopic (exact) mass is 477 g/mol. The van der Waals surface area contributed by atoms with Gasteiger partial charge in [0.05, 0.1) is 0 Å². The minimum atomic E-state index is -1.04. The number of nitrogens with zero attached hydrogens (tertiary/aromatic N) is 1. The highest BCUT2D eigenvalue weighted by Gasteiger charge is 2.36. The number of rotatable bonds is 11. The molecule has 1 fully saturated rings. The Labute approximate surface area is 206 Å².